The summed E-state index contributed by atoms with van der Waals surface area (Å²) in [5.41, 5.74) is 6.60. The summed E-state index contributed by atoms with van der Waals surface area (Å²) in [6.07, 6.45) is 3.06. The maximum absolute atomic E-state index is 13.1. The van der Waals surface area contributed by atoms with E-state index in [0.717, 1.165) is 23.7 Å². The minimum absolute atomic E-state index is 0.0187. The summed E-state index contributed by atoms with van der Waals surface area (Å²) >= 11 is 3.33. The van der Waals surface area contributed by atoms with Gasteiger partial charge in [0.15, 0.2) is 0 Å². The molecule has 1 fully saturated rings. The van der Waals surface area contributed by atoms with E-state index in [2.05, 4.69) is 15.9 Å². The fraction of sp³-hybridized carbons (Fsp3) is 0.462. The molecule has 2 nitrogen and oxygen atoms in total. The highest BCUT2D eigenvalue weighted by atomic mass is 79.9. The summed E-state index contributed by atoms with van der Waals surface area (Å²) in [7, 11) is 0. The van der Waals surface area contributed by atoms with Crippen molar-refractivity contribution in [3.63, 3.8) is 0 Å². The van der Waals surface area contributed by atoms with Crippen molar-refractivity contribution in [2.24, 2.45) is 11.7 Å². The number of carbonyl (C=O) groups is 1. The molecular weight excluding hydrogens is 285 g/mol. The molecule has 0 spiro atoms. The molecule has 0 radical (unpaired) electrons. The number of Topliss-reactive ketones (excluding diaryl/α,β-unsaturated/α-hetero) is 1. The highest BCUT2D eigenvalue weighted by Crippen LogP contribution is 2.27. The second kappa shape index (κ2) is 5.27. The molecule has 0 saturated heterocycles. The molecular formula is C13H15BrFNO. The van der Waals surface area contributed by atoms with Crippen LogP contribution in [0.25, 0.3) is 0 Å². The molecule has 4 heteroatoms. The van der Waals surface area contributed by atoms with Gasteiger partial charge in [-0.05, 0) is 36.6 Å². The molecule has 2 N–H and O–H groups in total. The molecule has 0 aliphatic heterocycles. The van der Waals surface area contributed by atoms with Crippen LogP contribution in [-0.4, -0.2) is 11.8 Å². The molecule has 2 unspecified atom stereocenters. The van der Waals surface area contributed by atoms with E-state index in [-0.39, 0.29) is 30.0 Å². The van der Waals surface area contributed by atoms with E-state index in [9.17, 15) is 9.18 Å². The number of rotatable bonds is 3. The first-order valence-electron chi connectivity index (χ1n) is 5.80. The first-order chi connectivity index (χ1) is 8.08. The Kier molecular flexibility index (Phi) is 3.94. The van der Waals surface area contributed by atoms with Gasteiger partial charge in [0.05, 0.1) is 0 Å². The Labute approximate surface area is 109 Å². The Balaban J connectivity index is 2.10. The Bertz CT molecular complexity index is 435. The first-order valence-corrected chi connectivity index (χ1v) is 6.59. The van der Waals surface area contributed by atoms with Crippen molar-refractivity contribution in [2.75, 3.05) is 0 Å². The van der Waals surface area contributed by atoms with Gasteiger partial charge < -0.3 is 5.73 Å². The minimum Gasteiger partial charge on any atom is -0.327 e. The van der Waals surface area contributed by atoms with E-state index in [4.69, 9.17) is 5.73 Å². The van der Waals surface area contributed by atoms with Crippen molar-refractivity contribution in [1.82, 2.24) is 0 Å². The normalized spacial score (nSPS) is 23.9. The van der Waals surface area contributed by atoms with Gasteiger partial charge in [-0.25, -0.2) is 4.39 Å². The summed E-state index contributed by atoms with van der Waals surface area (Å²) in [6, 6.07) is 4.39. The molecule has 1 aliphatic carbocycles. The molecule has 0 aromatic heterocycles. The fourth-order valence-corrected chi connectivity index (χ4v) is 2.77. The van der Waals surface area contributed by atoms with Gasteiger partial charge in [0.25, 0.3) is 0 Å². The number of halogens is 2. The van der Waals surface area contributed by atoms with Crippen molar-refractivity contribution in [3.05, 3.63) is 34.1 Å². The summed E-state index contributed by atoms with van der Waals surface area (Å²) in [5.74, 6) is -0.238. The fourth-order valence-electron chi connectivity index (χ4n) is 2.39. The van der Waals surface area contributed by atoms with Crippen LogP contribution >= 0.6 is 15.9 Å². The summed E-state index contributed by atoms with van der Waals surface area (Å²) in [4.78, 5) is 12.1. The van der Waals surface area contributed by atoms with Gasteiger partial charge in [-0.3, -0.25) is 4.79 Å². The molecule has 2 rings (SSSR count). The average Bonchev–Trinajstić information content (AvgIpc) is 2.70. The molecule has 1 saturated carbocycles. The van der Waals surface area contributed by atoms with Crippen LogP contribution in [0.15, 0.2) is 22.7 Å². The van der Waals surface area contributed by atoms with E-state index in [1.807, 2.05) is 0 Å². The van der Waals surface area contributed by atoms with Crippen molar-refractivity contribution in [3.8, 4) is 0 Å². The smallest absolute Gasteiger partial charge is 0.141 e. The number of hydrogen-bond donors (Lipinski definition) is 1. The van der Waals surface area contributed by atoms with Gasteiger partial charge in [0.1, 0.15) is 11.6 Å². The Morgan fingerprint density at radius 3 is 2.88 bits per heavy atom. The zero-order chi connectivity index (χ0) is 12.4. The van der Waals surface area contributed by atoms with Gasteiger partial charge in [0, 0.05) is 22.9 Å². The van der Waals surface area contributed by atoms with E-state index in [1.54, 1.807) is 6.07 Å². The average molecular weight is 300 g/mol. The second-order valence-electron chi connectivity index (χ2n) is 4.58. The molecule has 0 bridgehead atoms. The molecule has 2 atom stereocenters. The van der Waals surface area contributed by atoms with Crippen LogP contribution in [0.3, 0.4) is 0 Å². The molecule has 0 amide bonds. The van der Waals surface area contributed by atoms with E-state index in [1.165, 1.54) is 12.1 Å². The zero-order valence-corrected chi connectivity index (χ0v) is 11.0. The topological polar surface area (TPSA) is 43.1 Å². The Hall–Kier alpha value is -0.740. The molecule has 1 aliphatic rings. The van der Waals surface area contributed by atoms with Crippen LogP contribution in [0.4, 0.5) is 4.39 Å². The van der Waals surface area contributed by atoms with Crippen LogP contribution in [0.2, 0.25) is 0 Å². The molecule has 0 heterocycles. The Morgan fingerprint density at radius 1 is 1.47 bits per heavy atom. The Morgan fingerprint density at radius 2 is 2.24 bits per heavy atom. The van der Waals surface area contributed by atoms with E-state index < -0.39 is 0 Å². The van der Waals surface area contributed by atoms with Gasteiger partial charge in [-0.2, -0.15) is 0 Å². The van der Waals surface area contributed by atoms with Crippen molar-refractivity contribution < 1.29 is 9.18 Å². The lowest BCUT2D eigenvalue weighted by Crippen LogP contribution is -2.31. The van der Waals surface area contributed by atoms with Crippen LogP contribution < -0.4 is 5.73 Å². The third-order valence-corrected chi connectivity index (χ3v) is 4.13. The van der Waals surface area contributed by atoms with E-state index >= 15 is 0 Å². The first kappa shape index (κ1) is 12.7. The molecule has 1 aromatic rings. The third-order valence-electron chi connectivity index (χ3n) is 3.36. The zero-order valence-electron chi connectivity index (χ0n) is 9.46. The number of nitrogens with two attached hydrogens (primary N) is 1. The summed E-state index contributed by atoms with van der Waals surface area (Å²) in [5, 5.41) is 0. The van der Waals surface area contributed by atoms with Crippen LogP contribution in [0, 0.1) is 11.7 Å². The highest BCUT2D eigenvalue weighted by molar-refractivity contribution is 9.10. The number of carbonyl (C=O) groups excluding carboxylic acids is 1. The predicted molar refractivity (Wildman–Crippen MR) is 68.1 cm³/mol. The molecule has 92 valence electrons. The third kappa shape index (κ3) is 2.93. The van der Waals surface area contributed by atoms with Gasteiger partial charge in [-0.1, -0.05) is 22.4 Å². The lowest BCUT2D eigenvalue weighted by atomic mass is 9.94. The van der Waals surface area contributed by atoms with Gasteiger partial charge >= 0.3 is 0 Å². The lowest BCUT2D eigenvalue weighted by molar-refractivity contribution is -0.122. The van der Waals surface area contributed by atoms with Crippen LogP contribution in [-0.2, 0) is 11.2 Å². The van der Waals surface area contributed by atoms with Gasteiger partial charge in [0.2, 0.25) is 0 Å². The molecule has 17 heavy (non-hydrogen) atoms. The predicted octanol–water partition coefficient (Wildman–Crippen LogP) is 2.83. The summed E-state index contributed by atoms with van der Waals surface area (Å²) in [6.45, 7) is 0. The van der Waals surface area contributed by atoms with Crippen LogP contribution in [0.1, 0.15) is 24.8 Å². The second-order valence-corrected chi connectivity index (χ2v) is 5.43. The lowest BCUT2D eigenvalue weighted by Gasteiger charge is -2.14. The maximum atomic E-state index is 13.1. The highest BCUT2D eigenvalue weighted by Gasteiger charge is 2.30. The quantitative estimate of drug-likeness (QED) is 0.933. The monoisotopic (exact) mass is 299 g/mol. The minimum atomic E-state index is -0.313. The SMILES string of the molecule is NC1CCCC1C(=O)Cc1cc(F)ccc1Br. The van der Waals surface area contributed by atoms with Crippen LogP contribution in [0.5, 0.6) is 0 Å². The largest absolute Gasteiger partial charge is 0.327 e. The molecule has 1 aromatic carbocycles. The van der Waals surface area contributed by atoms with Crippen molar-refractivity contribution in [1.29, 1.82) is 0 Å². The van der Waals surface area contributed by atoms with Gasteiger partial charge in [-0.15, -0.1) is 0 Å². The number of ketones is 1. The number of benzene rings is 1. The summed E-state index contributed by atoms with van der Waals surface area (Å²) < 4.78 is 13.9. The maximum Gasteiger partial charge on any atom is 0.141 e. The van der Waals surface area contributed by atoms with E-state index in [0.29, 0.717) is 5.56 Å². The standard InChI is InChI=1S/C13H15BrFNO/c14-11-5-4-9(15)6-8(11)7-13(17)10-2-1-3-12(10)16/h4-6,10,12H,1-3,7,16H2. The van der Waals surface area contributed by atoms with Crippen molar-refractivity contribution >= 4 is 21.7 Å². The number of hydrogen-bond acceptors (Lipinski definition) is 2. The van der Waals surface area contributed by atoms with Crippen molar-refractivity contribution in [2.45, 2.75) is 31.7 Å².